The van der Waals surface area contributed by atoms with Crippen molar-refractivity contribution in [1.29, 1.82) is 0 Å². The van der Waals surface area contributed by atoms with Crippen LogP contribution in [0.3, 0.4) is 0 Å². The highest BCUT2D eigenvalue weighted by Gasteiger charge is 2.21. The summed E-state index contributed by atoms with van der Waals surface area (Å²) in [5.74, 6) is 0.00878. The van der Waals surface area contributed by atoms with Crippen molar-refractivity contribution in [2.45, 2.75) is 13.3 Å². The lowest BCUT2D eigenvalue weighted by Crippen LogP contribution is -2.50. The molecular formula is C23H27N3O2. The van der Waals surface area contributed by atoms with Crippen LogP contribution in [0.1, 0.15) is 18.1 Å². The Morgan fingerprint density at radius 3 is 2.36 bits per heavy atom. The van der Waals surface area contributed by atoms with Gasteiger partial charge in [0.2, 0.25) is 11.8 Å². The van der Waals surface area contributed by atoms with Crippen molar-refractivity contribution in [1.82, 2.24) is 9.80 Å². The van der Waals surface area contributed by atoms with Gasteiger partial charge in [0.1, 0.15) is 0 Å². The zero-order chi connectivity index (χ0) is 19.8. The predicted octanol–water partition coefficient (Wildman–Crippen LogP) is 3.05. The molecule has 2 amide bonds. The first-order chi connectivity index (χ1) is 13.7. The SMILES string of the molecule is CCc1ccccc1NC(=O)CN1CCN(C(=O)C=Cc2ccccc2)CC1. The number of nitrogens with one attached hydrogen (secondary N) is 1. The number of para-hydroxylation sites is 1. The van der Waals surface area contributed by atoms with E-state index in [4.69, 9.17) is 0 Å². The highest BCUT2D eigenvalue weighted by Crippen LogP contribution is 2.15. The van der Waals surface area contributed by atoms with Crippen molar-refractivity contribution in [2.24, 2.45) is 0 Å². The van der Waals surface area contributed by atoms with Crippen LogP contribution in [0.4, 0.5) is 5.69 Å². The Hall–Kier alpha value is -2.92. The van der Waals surface area contributed by atoms with Crippen molar-refractivity contribution in [3.8, 4) is 0 Å². The van der Waals surface area contributed by atoms with E-state index in [1.54, 1.807) is 6.08 Å². The minimum atomic E-state index is -0.00958. The molecule has 1 fully saturated rings. The summed E-state index contributed by atoms with van der Waals surface area (Å²) < 4.78 is 0. The van der Waals surface area contributed by atoms with Crippen molar-refractivity contribution in [3.63, 3.8) is 0 Å². The maximum Gasteiger partial charge on any atom is 0.246 e. The van der Waals surface area contributed by atoms with Gasteiger partial charge < -0.3 is 10.2 Å². The van der Waals surface area contributed by atoms with Gasteiger partial charge in [0.25, 0.3) is 0 Å². The van der Waals surface area contributed by atoms with Crippen LogP contribution in [-0.4, -0.2) is 54.3 Å². The first-order valence-electron chi connectivity index (χ1n) is 9.78. The van der Waals surface area contributed by atoms with E-state index in [-0.39, 0.29) is 11.8 Å². The summed E-state index contributed by atoms with van der Waals surface area (Å²) in [7, 11) is 0. The number of benzene rings is 2. The number of piperazine rings is 1. The van der Waals surface area contributed by atoms with Gasteiger partial charge >= 0.3 is 0 Å². The summed E-state index contributed by atoms with van der Waals surface area (Å²) in [4.78, 5) is 28.7. The van der Waals surface area contributed by atoms with E-state index in [1.807, 2.05) is 65.6 Å². The molecule has 146 valence electrons. The molecule has 1 heterocycles. The fourth-order valence-corrected chi connectivity index (χ4v) is 3.31. The maximum absolute atomic E-state index is 12.4. The van der Waals surface area contributed by atoms with Gasteiger partial charge in [-0.25, -0.2) is 0 Å². The Labute approximate surface area is 166 Å². The summed E-state index contributed by atoms with van der Waals surface area (Å²) in [6, 6.07) is 17.7. The molecule has 2 aromatic rings. The molecule has 3 rings (SSSR count). The van der Waals surface area contributed by atoms with Gasteiger partial charge in [0, 0.05) is 37.9 Å². The molecule has 0 bridgehead atoms. The lowest BCUT2D eigenvalue weighted by Gasteiger charge is -2.33. The average Bonchev–Trinajstić information content (AvgIpc) is 2.73. The van der Waals surface area contributed by atoms with Crippen molar-refractivity contribution in [3.05, 3.63) is 71.8 Å². The van der Waals surface area contributed by atoms with Crippen molar-refractivity contribution in [2.75, 3.05) is 38.0 Å². The van der Waals surface area contributed by atoms with Crippen LogP contribution in [0.5, 0.6) is 0 Å². The Bertz CT molecular complexity index is 825. The monoisotopic (exact) mass is 377 g/mol. The van der Waals surface area contributed by atoms with E-state index in [1.165, 1.54) is 0 Å². The largest absolute Gasteiger partial charge is 0.337 e. The summed E-state index contributed by atoms with van der Waals surface area (Å²) in [5.41, 5.74) is 3.03. The Morgan fingerprint density at radius 2 is 1.64 bits per heavy atom. The number of amides is 2. The number of rotatable bonds is 6. The van der Waals surface area contributed by atoms with Crippen molar-refractivity contribution < 1.29 is 9.59 Å². The number of carbonyl (C=O) groups excluding carboxylic acids is 2. The molecule has 0 unspecified atom stereocenters. The zero-order valence-corrected chi connectivity index (χ0v) is 16.3. The van der Waals surface area contributed by atoms with Gasteiger partial charge in [-0.1, -0.05) is 55.5 Å². The van der Waals surface area contributed by atoms with Crippen LogP contribution >= 0.6 is 0 Å². The van der Waals surface area contributed by atoms with Gasteiger partial charge in [-0.3, -0.25) is 14.5 Å². The summed E-state index contributed by atoms with van der Waals surface area (Å²) in [6.45, 7) is 5.10. The number of aryl methyl sites for hydroxylation is 1. The smallest absolute Gasteiger partial charge is 0.246 e. The standard InChI is InChI=1S/C23H27N3O2/c1-2-20-10-6-7-11-21(20)24-22(27)18-25-14-16-26(17-15-25)23(28)13-12-19-8-4-3-5-9-19/h3-13H,2,14-18H2,1H3,(H,24,27). The molecule has 0 radical (unpaired) electrons. The van der Waals surface area contributed by atoms with Gasteiger partial charge in [-0.05, 0) is 29.7 Å². The fourth-order valence-electron chi connectivity index (χ4n) is 3.31. The minimum absolute atomic E-state index is 0.00958. The van der Waals surface area contributed by atoms with E-state index in [9.17, 15) is 9.59 Å². The molecule has 0 atom stereocenters. The number of hydrogen-bond acceptors (Lipinski definition) is 3. The molecule has 1 saturated heterocycles. The highest BCUT2D eigenvalue weighted by molar-refractivity contribution is 5.93. The quantitative estimate of drug-likeness (QED) is 0.788. The molecule has 0 aliphatic carbocycles. The minimum Gasteiger partial charge on any atom is -0.337 e. The van der Waals surface area contributed by atoms with Gasteiger partial charge in [-0.15, -0.1) is 0 Å². The Balaban J connectivity index is 1.45. The third kappa shape index (κ3) is 5.54. The van der Waals surface area contributed by atoms with Crippen LogP contribution in [0.15, 0.2) is 60.7 Å². The topological polar surface area (TPSA) is 52.7 Å². The van der Waals surface area contributed by atoms with Crippen LogP contribution in [0.2, 0.25) is 0 Å². The zero-order valence-electron chi connectivity index (χ0n) is 16.3. The van der Waals surface area contributed by atoms with E-state index in [2.05, 4.69) is 17.1 Å². The molecule has 0 aromatic heterocycles. The van der Waals surface area contributed by atoms with E-state index in [0.29, 0.717) is 32.7 Å². The molecule has 5 heteroatoms. The van der Waals surface area contributed by atoms with Gasteiger partial charge in [0.15, 0.2) is 0 Å². The van der Waals surface area contributed by atoms with Crippen LogP contribution in [-0.2, 0) is 16.0 Å². The second-order valence-electron chi connectivity index (χ2n) is 6.90. The predicted molar refractivity (Wildman–Crippen MR) is 113 cm³/mol. The van der Waals surface area contributed by atoms with Crippen molar-refractivity contribution >= 4 is 23.6 Å². The third-order valence-corrected chi connectivity index (χ3v) is 4.94. The average molecular weight is 377 g/mol. The molecule has 28 heavy (non-hydrogen) atoms. The molecule has 1 N–H and O–H groups in total. The lowest BCUT2D eigenvalue weighted by atomic mass is 10.1. The molecule has 5 nitrogen and oxygen atoms in total. The van der Waals surface area contributed by atoms with Crippen LogP contribution < -0.4 is 5.32 Å². The molecule has 0 saturated carbocycles. The van der Waals surface area contributed by atoms with Crippen LogP contribution in [0.25, 0.3) is 6.08 Å². The second kappa shape index (κ2) is 9.85. The highest BCUT2D eigenvalue weighted by atomic mass is 16.2. The number of anilines is 1. The van der Waals surface area contributed by atoms with Crippen LogP contribution in [0, 0.1) is 0 Å². The summed E-state index contributed by atoms with van der Waals surface area (Å²) in [6.07, 6.45) is 4.35. The maximum atomic E-state index is 12.4. The number of carbonyl (C=O) groups is 2. The summed E-state index contributed by atoms with van der Waals surface area (Å²) in [5, 5.41) is 3.01. The molecular weight excluding hydrogens is 350 g/mol. The molecule has 0 spiro atoms. The molecule has 1 aliphatic rings. The Morgan fingerprint density at radius 1 is 0.964 bits per heavy atom. The van der Waals surface area contributed by atoms with E-state index >= 15 is 0 Å². The first kappa shape index (κ1) is 19.8. The van der Waals surface area contributed by atoms with E-state index in [0.717, 1.165) is 23.2 Å². The Kier molecular flexibility index (Phi) is 6.98. The normalized spacial score (nSPS) is 15.0. The number of hydrogen-bond donors (Lipinski definition) is 1. The van der Waals surface area contributed by atoms with Gasteiger partial charge in [-0.2, -0.15) is 0 Å². The second-order valence-corrected chi connectivity index (χ2v) is 6.90. The first-order valence-corrected chi connectivity index (χ1v) is 9.78. The lowest BCUT2D eigenvalue weighted by molar-refractivity contribution is -0.127. The van der Waals surface area contributed by atoms with Gasteiger partial charge in [0.05, 0.1) is 6.54 Å². The fraction of sp³-hybridized carbons (Fsp3) is 0.304. The third-order valence-electron chi connectivity index (χ3n) is 4.94. The number of nitrogens with zero attached hydrogens (tertiary/aromatic N) is 2. The molecule has 1 aliphatic heterocycles. The van der Waals surface area contributed by atoms with E-state index < -0.39 is 0 Å². The summed E-state index contributed by atoms with van der Waals surface area (Å²) >= 11 is 0. The molecule has 2 aromatic carbocycles.